The molecule has 3 rings (SSSR count). The maximum atomic E-state index is 12.6. The minimum absolute atomic E-state index is 0.0344. The molecule has 0 bridgehead atoms. The van der Waals surface area contributed by atoms with Crippen LogP contribution < -0.4 is 0 Å². The summed E-state index contributed by atoms with van der Waals surface area (Å²) in [6.45, 7) is 4.30. The molecule has 1 amide bonds. The standard InChI is InChI=1S/C19H25ClN2O3/c20-17-4-2-14(3-5-17)13-21-6-1-7-22(9-8-21)19(25)16-10-15(11-16)12-18(23)24/h2-5,15-16H,1,6-13H2,(H,23,24). The van der Waals surface area contributed by atoms with Crippen LogP contribution in [0.3, 0.4) is 0 Å². The van der Waals surface area contributed by atoms with E-state index >= 15 is 0 Å². The fourth-order valence-corrected chi connectivity index (χ4v) is 3.93. The molecule has 2 fully saturated rings. The van der Waals surface area contributed by atoms with E-state index in [1.54, 1.807) is 0 Å². The van der Waals surface area contributed by atoms with Crippen LogP contribution in [0.4, 0.5) is 0 Å². The Morgan fingerprint density at radius 3 is 2.48 bits per heavy atom. The second-order valence-electron chi connectivity index (χ2n) is 7.21. The van der Waals surface area contributed by atoms with Gasteiger partial charge in [0.15, 0.2) is 0 Å². The van der Waals surface area contributed by atoms with Crippen molar-refractivity contribution in [2.24, 2.45) is 11.8 Å². The molecule has 25 heavy (non-hydrogen) atoms. The fourth-order valence-electron chi connectivity index (χ4n) is 3.81. The third-order valence-corrected chi connectivity index (χ3v) is 5.52. The highest BCUT2D eigenvalue weighted by molar-refractivity contribution is 6.30. The molecule has 1 aliphatic heterocycles. The Balaban J connectivity index is 1.46. The van der Waals surface area contributed by atoms with E-state index in [9.17, 15) is 9.59 Å². The number of benzene rings is 1. The predicted octanol–water partition coefficient (Wildman–Crippen LogP) is 2.88. The van der Waals surface area contributed by atoms with Gasteiger partial charge < -0.3 is 10.0 Å². The molecule has 1 N–H and O–H groups in total. The Kier molecular flexibility index (Phi) is 5.97. The van der Waals surface area contributed by atoms with Gasteiger partial charge in [-0.3, -0.25) is 14.5 Å². The first-order valence-electron chi connectivity index (χ1n) is 8.98. The molecule has 2 aliphatic rings. The molecule has 0 aromatic heterocycles. The first kappa shape index (κ1) is 18.2. The predicted molar refractivity (Wildman–Crippen MR) is 96.4 cm³/mol. The van der Waals surface area contributed by atoms with Gasteiger partial charge in [-0.15, -0.1) is 0 Å². The zero-order chi connectivity index (χ0) is 17.8. The van der Waals surface area contributed by atoms with E-state index in [4.69, 9.17) is 16.7 Å². The second kappa shape index (κ2) is 8.19. The highest BCUT2D eigenvalue weighted by Crippen LogP contribution is 2.37. The smallest absolute Gasteiger partial charge is 0.303 e. The van der Waals surface area contributed by atoms with E-state index in [1.165, 1.54) is 5.56 Å². The summed E-state index contributed by atoms with van der Waals surface area (Å²) in [5.41, 5.74) is 1.24. The molecule has 5 nitrogen and oxygen atoms in total. The zero-order valence-electron chi connectivity index (χ0n) is 14.4. The molecule has 1 aromatic rings. The quantitative estimate of drug-likeness (QED) is 0.872. The molecule has 0 atom stereocenters. The lowest BCUT2D eigenvalue weighted by molar-refractivity contribution is -0.145. The van der Waals surface area contributed by atoms with Crippen LogP contribution in [0.1, 0.15) is 31.2 Å². The van der Waals surface area contributed by atoms with Gasteiger partial charge in [0, 0.05) is 50.1 Å². The van der Waals surface area contributed by atoms with E-state index in [-0.39, 0.29) is 24.2 Å². The number of nitrogens with zero attached hydrogens (tertiary/aromatic N) is 2. The second-order valence-corrected chi connectivity index (χ2v) is 7.65. The average molecular weight is 365 g/mol. The molecule has 0 radical (unpaired) electrons. The molecular weight excluding hydrogens is 340 g/mol. The summed E-state index contributed by atoms with van der Waals surface area (Å²) >= 11 is 5.93. The molecule has 1 saturated carbocycles. The highest BCUT2D eigenvalue weighted by Gasteiger charge is 2.37. The lowest BCUT2D eigenvalue weighted by Crippen LogP contribution is -2.43. The van der Waals surface area contributed by atoms with Crippen LogP contribution in [0.15, 0.2) is 24.3 Å². The number of amides is 1. The third kappa shape index (κ3) is 4.95. The largest absolute Gasteiger partial charge is 0.481 e. The van der Waals surface area contributed by atoms with Crippen molar-refractivity contribution in [3.63, 3.8) is 0 Å². The summed E-state index contributed by atoms with van der Waals surface area (Å²) < 4.78 is 0. The SMILES string of the molecule is O=C(O)CC1CC(C(=O)N2CCCN(Cc3ccc(Cl)cc3)CC2)C1. The van der Waals surface area contributed by atoms with Crippen molar-refractivity contribution in [1.29, 1.82) is 0 Å². The number of aliphatic carboxylic acids is 1. The Morgan fingerprint density at radius 2 is 1.80 bits per heavy atom. The Bertz CT molecular complexity index is 614. The van der Waals surface area contributed by atoms with Gasteiger partial charge in [-0.1, -0.05) is 23.7 Å². The van der Waals surface area contributed by atoms with Gasteiger partial charge in [0.2, 0.25) is 5.91 Å². The molecule has 1 aliphatic carbocycles. The van der Waals surface area contributed by atoms with Crippen LogP contribution in [-0.2, 0) is 16.1 Å². The van der Waals surface area contributed by atoms with Crippen molar-refractivity contribution in [2.75, 3.05) is 26.2 Å². The van der Waals surface area contributed by atoms with Gasteiger partial charge in [0.1, 0.15) is 0 Å². The first-order chi connectivity index (χ1) is 12.0. The van der Waals surface area contributed by atoms with Crippen LogP contribution >= 0.6 is 11.6 Å². The van der Waals surface area contributed by atoms with E-state index in [0.717, 1.165) is 57.0 Å². The van der Waals surface area contributed by atoms with Gasteiger partial charge in [-0.25, -0.2) is 0 Å². The number of carboxylic acid groups (broad SMARTS) is 1. The summed E-state index contributed by atoms with van der Waals surface area (Å²) in [6, 6.07) is 7.92. The van der Waals surface area contributed by atoms with Crippen molar-refractivity contribution >= 4 is 23.5 Å². The number of carbonyl (C=O) groups excluding carboxylic acids is 1. The maximum Gasteiger partial charge on any atom is 0.303 e. The number of hydrogen-bond donors (Lipinski definition) is 1. The molecule has 1 saturated heterocycles. The van der Waals surface area contributed by atoms with Crippen molar-refractivity contribution in [3.8, 4) is 0 Å². The topological polar surface area (TPSA) is 60.9 Å². The number of halogens is 1. The van der Waals surface area contributed by atoms with Crippen LogP contribution in [-0.4, -0.2) is 53.0 Å². The van der Waals surface area contributed by atoms with Gasteiger partial charge in [0.05, 0.1) is 0 Å². The van der Waals surface area contributed by atoms with E-state index in [0.29, 0.717) is 0 Å². The first-order valence-corrected chi connectivity index (χ1v) is 9.36. The van der Waals surface area contributed by atoms with Crippen LogP contribution in [0.25, 0.3) is 0 Å². The molecule has 136 valence electrons. The summed E-state index contributed by atoms with van der Waals surface area (Å²) in [6.07, 6.45) is 2.63. The molecular formula is C19H25ClN2O3. The zero-order valence-corrected chi connectivity index (χ0v) is 15.1. The van der Waals surface area contributed by atoms with Crippen LogP contribution in [0.5, 0.6) is 0 Å². The monoisotopic (exact) mass is 364 g/mol. The van der Waals surface area contributed by atoms with E-state index < -0.39 is 5.97 Å². The fraction of sp³-hybridized carbons (Fsp3) is 0.579. The number of rotatable bonds is 5. The minimum atomic E-state index is -0.761. The van der Waals surface area contributed by atoms with E-state index in [1.807, 2.05) is 29.2 Å². The van der Waals surface area contributed by atoms with Crippen molar-refractivity contribution in [1.82, 2.24) is 9.80 Å². The number of carbonyl (C=O) groups is 2. The van der Waals surface area contributed by atoms with E-state index in [2.05, 4.69) is 4.90 Å². The normalized spacial score (nSPS) is 24.4. The maximum absolute atomic E-state index is 12.6. The minimum Gasteiger partial charge on any atom is -0.481 e. The van der Waals surface area contributed by atoms with Gasteiger partial charge in [0.25, 0.3) is 0 Å². The highest BCUT2D eigenvalue weighted by atomic mass is 35.5. The number of carboxylic acids is 1. The molecule has 1 aromatic carbocycles. The van der Waals surface area contributed by atoms with Crippen LogP contribution in [0.2, 0.25) is 5.02 Å². The summed E-state index contributed by atoms with van der Waals surface area (Å²) in [5.74, 6) is -0.328. The Labute approximate surface area is 153 Å². The van der Waals surface area contributed by atoms with Crippen LogP contribution in [0, 0.1) is 11.8 Å². The Hall–Kier alpha value is -1.59. The van der Waals surface area contributed by atoms with Gasteiger partial charge >= 0.3 is 5.97 Å². The summed E-state index contributed by atoms with van der Waals surface area (Å²) in [4.78, 5) is 27.7. The molecule has 0 unspecified atom stereocenters. The Morgan fingerprint density at radius 1 is 1.08 bits per heavy atom. The third-order valence-electron chi connectivity index (χ3n) is 5.27. The average Bonchev–Trinajstić information content (AvgIpc) is 2.77. The number of hydrogen-bond acceptors (Lipinski definition) is 3. The molecule has 0 spiro atoms. The molecule has 6 heteroatoms. The van der Waals surface area contributed by atoms with Gasteiger partial charge in [-0.05, 0) is 42.9 Å². The van der Waals surface area contributed by atoms with Crippen molar-refractivity contribution in [2.45, 2.75) is 32.2 Å². The molecule has 1 heterocycles. The summed E-state index contributed by atoms with van der Waals surface area (Å²) in [5, 5.41) is 9.57. The van der Waals surface area contributed by atoms with Crippen molar-refractivity contribution < 1.29 is 14.7 Å². The van der Waals surface area contributed by atoms with Gasteiger partial charge in [-0.2, -0.15) is 0 Å². The van der Waals surface area contributed by atoms with Crippen molar-refractivity contribution in [3.05, 3.63) is 34.9 Å². The lowest BCUT2D eigenvalue weighted by atomic mass is 9.72. The summed E-state index contributed by atoms with van der Waals surface area (Å²) in [7, 11) is 0. The lowest BCUT2D eigenvalue weighted by Gasteiger charge is -2.36.